The van der Waals surface area contributed by atoms with Crippen LogP contribution in [0.1, 0.15) is 54.7 Å². The first-order chi connectivity index (χ1) is 19.8. The van der Waals surface area contributed by atoms with Gasteiger partial charge in [0.1, 0.15) is 19.3 Å². The molecule has 3 aromatic carbocycles. The van der Waals surface area contributed by atoms with Crippen LogP contribution in [0.25, 0.3) is 11.1 Å². The lowest BCUT2D eigenvalue weighted by molar-refractivity contribution is -0.148. The molecule has 212 valence electrons. The molecule has 0 bridgehead atoms. The van der Waals surface area contributed by atoms with Crippen LogP contribution in [-0.2, 0) is 30.5 Å². The number of aliphatic carboxylic acids is 1. The fraction of sp³-hybridized carbons (Fsp3) is 0.312. The van der Waals surface area contributed by atoms with Gasteiger partial charge in [-0.15, -0.1) is 0 Å². The van der Waals surface area contributed by atoms with Crippen molar-refractivity contribution in [1.29, 1.82) is 0 Å². The Bertz CT molecular complexity index is 1390. The largest absolute Gasteiger partial charge is 0.481 e. The molecule has 1 fully saturated rings. The summed E-state index contributed by atoms with van der Waals surface area (Å²) in [4.78, 5) is 50.3. The number of hydrogen-bond acceptors (Lipinski definition) is 6. The molecule has 0 aromatic heterocycles. The lowest BCUT2D eigenvalue weighted by Crippen LogP contribution is -2.59. The van der Waals surface area contributed by atoms with Gasteiger partial charge < -0.3 is 25.2 Å². The number of amides is 2. The highest BCUT2D eigenvalue weighted by atomic mass is 16.5. The van der Waals surface area contributed by atoms with E-state index >= 15 is 0 Å². The SMILES string of the molecule is O=C(O)CC1(NC(=O)[C@H](CC(=O)OCc2ccccc2)NC(=O)OCC2c3ccccc3-c3ccccc32)CCC1. The molecule has 5 rings (SSSR count). The summed E-state index contributed by atoms with van der Waals surface area (Å²) in [5, 5.41) is 14.6. The molecule has 3 aromatic rings. The molecule has 1 saturated carbocycles. The molecule has 9 heteroatoms. The highest BCUT2D eigenvalue weighted by molar-refractivity contribution is 5.90. The molecule has 0 heterocycles. The van der Waals surface area contributed by atoms with Gasteiger partial charge >= 0.3 is 18.0 Å². The summed E-state index contributed by atoms with van der Waals surface area (Å²) in [6.07, 6.45) is 0.240. The third-order valence-corrected chi connectivity index (χ3v) is 7.75. The number of carbonyl (C=O) groups is 4. The number of carboxylic acid groups (broad SMARTS) is 1. The molecule has 41 heavy (non-hydrogen) atoms. The maximum atomic E-state index is 13.3. The van der Waals surface area contributed by atoms with Crippen molar-refractivity contribution in [2.75, 3.05) is 6.61 Å². The zero-order valence-corrected chi connectivity index (χ0v) is 22.5. The Balaban J connectivity index is 1.25. The predicted octanol–water partition coefficient (Wildman–Crippen LogP) is 4.54. The number of fused-ring (bicyclic) bond motifs is 3. The van der Waals surface area contributed by atoms with E-state index in [0.29, 0.717) is 12.8 Å². The number of nitrogens with one attached hydrogen (secondary N) is 2. The molecule has 2 amide bonds. The molecule has 0 spiro atoms. The number of esters is 1. The average molecular weight is 557 g/mol. The summed E-state index contributed by atoms with van der Waals surface area (Å²) in [5.74, 6) is -2.55. The molecular formula is C32H32N2O7. The first-order valence-electron chi connectivity index (χ1n) is 13.7. The van der Waals surface area contributed by atoms with Crippen molar-refractivity contribution >= 4 is 23.9 Å². The van der Waals surface area contributed by atoms with Crippen molar-refractivity contribution in [2.45, 2.75) is 56.2 Å². The normalized spacial score (nSPS) is 15.4. The molecule has 0 aliphatic heterocycles. The minimum Gasteiger partial charge on any atom is -0.481 e. The Kier molecular flexibility index (Phi) is 8.33. The number of ether oxygens (including phenoxy) is 2. The van der Waals surface area contributed by atoms with Crippen LogP contribution in [0.5, 0.6) is 0 Å². The minimum atomic E-state index is -1.31. The zero-order chi connectivity index (χ0) is 28.8. The van der Waals surface area contributed by atoms with Gasteiger partial charge in [0.05, 0.1) is 18.4 Å². The fourth-order valence-electron chi connectivity index (χ4n) is 5.54. The maximum Gasteiger partial charge on any atom is 0.407 e. The monoisotopic (exact) mass is 556 g/mol. The molecule has 2 aliphatic carbocycles. The van der Waals surface area contributed by atoms with Crippen LogP contribution in [0, 0.1) is 0 Å². The van der Waals surface area contributed by atoms with Crippen LogP contribution < -0.4 is 10.6 Å². The van der Waals surface area contributed by atoms with Crippen molar-refractivity contribution in [3.05, 3.63) is 95.6 Å². The quantitative estimate of drug-likeness (QED) is 0.296. The summed E-state index contributed by atoms with van der Waals surface area (Å²) in [6.45, 7) is 0.0531. The first kappa shape index (κ1) is 27.9. The zero-order valence-electron chi connectivity index (χ0n) is 22.5. The average Bonchev–Trinajstić information content (AvgIpc) is 3.27. The highest BCUT2D eigenvalue weighted by Gasteiger charge is 2.42. The van der Waals surface area contributed by atoms with E-state index in [1.54, 1.807) is 12.1 Å². The Hall–Kier alpha value is -4.66. The molecule has 3 N–H and O–H groups in total. The predicted molar refractivity (Wildman–Crippen MR) is 150 cm³/mol. The first-order valence-corrected chi connectivity index (χ1v) is 13.7. The van der Waals surface area contributed by atoms with Crippen LogP contribution in [0.15, 0.2) is 78.9 Å². The third-order valence-electron chi connectivity index (χ3n) is 7.75. The van der Waals surface area contributed by atoms with Crippen LogP contribution >= 0.6 is 0 Å². The maximum absolute atomic E-state index is 13.3. The minimum absolute atomic E-state index is 0.0158. The Labute approximate surface area is 237 Å². The van der Waals surface area contributed by atoms with Crippen LogP contribution in [0.2, 0.25) is 0 Å². The van der Waals surface area contributed by atoms with E-state index in [0.717, 1.165) is 34.2 Å². The van der Waals surface area contributed by atoms with Gasteiger partial charge in [-0.3, -0.25) is 14.4 Å². The Morgan fingerprint density at radius 1 is 0.854 bits per heavy atom. The number of rotatable bonds is 11. The van der Waals surface area contributed by atoms with Crippen molar-refractivity contribution in [1.82, 2.24) is 10.6 Å². The van der Waals surface area contributed by atoms with Crippen molar-refractivity contribution in [3.8, 4) is 11.1 Å². The highest BCUT2D eigenvalue weighted by Crippen LogP contribution is 2.44. The van der Waals surface area contributed by atoms with Gasteiger partial charge in [-0.2, -0.15) is 0 Å². The number of alkyl carbamates (subject to hydrolysis) is 1. The second-order valence-electron chi connectivity index (χ2n) is 10.6. The fourth-order valence-corrected chi connectivity index (χ4v) is 5.54. The third kappa shape index (κ3) is 6.57. The van der Waals surface area contributed by atoms with E-state index in [4.69, 9.17) is 9.47 Å². The van der Waals surface area contributed by atoms with Crippen molar-refractivity contribution in [3.63, 3.8) is 0 Å². The van der Waals surface area contributed by atoms with Gasteiger partial charge in [0.15, 0.2) is 0 Å². The second kappa shape index (κ2) is 12.2. The van der Waals surface area contributed by atoms with E-state index in [1.165, 1.54) is 0 Å². The van der Waals surface area contributed by atoms with Crippen LogP contribution in [0.3, 0.4) is 0 Å². The van der Waals surface area contributed by atoms with Crippen LogP contribution in [0.4, 0.5) is 4.79 Å². The molecule has 1 atom stereocenters. The Morgan fingerprint density at radius 3 is 2.05 bits per heavy atom. The molecule has 9 nitrogen and oxygen atoms in total. The molecule has 0 unspecified atom stereocenters. The summed E-state index contributed by atoms with van der Waals surface area (Å²) >= 11 is 0. The summed E-state index contributed by atoms with van der Waals surface area (Å²) in [7, 11) is 0. The molecule has 2 aliphatic rings. The Morgan fingerprint density at radius 2 is 1.46 bits per heavy atom. The molecular weight excluding hydrogens is 524 g/mol. The molecule has 0 saturated heterocycles. The van der Waals surface area contributed by atoms with E-state index in [-0.39, 0.29) is 25.6 Å². The van der Waals surface area contributed by atoms with E-state index < -0.39 is 41.9 Å². The lowest BCUT2D eigenvalue weighted by Gasteiger charge is -2.42. The van der Waals surface area contributed by atoms with Gasteiger partial charge in [0.2, 0.25) is 5.91 Å². The van der Waals surface area contributed by atoms with Gasteiger partial charge in [-0.25, -0.2) is 4.79 Å². The van der Waals surface area contributed by atoms with Gasteiger partial charge in [0.25, 0.3) is 0 Å². The van der Waals surface area contributed by atoms with Gasteiger partial charge in [0, 0.05) is 5.92 Å². The lowest BCUT2D eigenvalue weighted by atomic mass is 9.74. The topological polar surface area (TPSA) is 131 Å². The van der Waals surface area contributed by atoms with Crippen molar-refractivity contribution in [2.24, 2.45) is 0 Å². The number of carboxylic acids is 1. The van der Waals surface area contributed by atoms with E-state index in [1.807, 2.05) is 66.7 Å². The summed E-state index contributed by atoms with van der Waals surface area (Å²) in [5.41, 5.74) is 4.13. The number of hydrogen-bond donors (Lipinski definition) is 3. The smallest absolute Gasteiger partial charge is 0.407 e. The van der Waals surface area contributed by atoms with Crippen LogP contribution in [-0.4, -0.2) is 47.2 Å². The second-order valence-corrected chi connectivity index (χ2v) is 10.6. The summed E-state index contributed by atoms with van der Waals surface area (Å²) < 4.78 is 10.9. The number of carbonyl (C=O) groups excluding carboxylic acids is 3. The van der Waals surface area contributed by atoms with Gasteiger partial charge in [-0.1, -0.05) is 78.9 Å². The standard InChI is InChI=1S/C32H32N2O7/c35-28(36)18-32(15-8-16-32)34-30(38)27(17-29(37)40-19-21-9-2-1-3-10-21)33-31(39)41-20-26-24-13-6-4-11-22(24)23-12-5-7-14-25(23)26/h1-7,9-14,26-27H,8,15-20H2,(H,33,39)(H,34,38)(H,35,36)/t27-/m0/s1. The van der Waals surface area contributed by atoms with Crippen molar-refractivity contribution < 1.29 is 33.8 Å². The number of benzene rings is 3. The molecule has 0 radical (unpaired) electrons. The van der Waals surface area contributed by atoms with E-state index in [2.05, 4.69) is 10.6 Å². The van der Waals surface area contributed by atoms with E-state index in [9.17, 15) is 24.3 Å². The summed E-state index contributed by atoms with van der Waals surface area (Å²) in [6, 6.07) is 23.6. The van der Waals surface area contributed by atoms with Gasteiger partial charge in [-0.05, 0) is 47.1 Å².